The standard InChI is InChI=1S/C16H26N2O/c1-13-5-4-8-16(2,3)14(13)6-7-15(19)18-11-9-17-10-12-18/h5-7,14,17H,4,8-12H2,1-3H3/b7-6+. The molecule has 106 valence electrons. The highest BCUT2D eigenvalue weighted by molar-refractivity contribution is 5.87. The summed E-state index contributed by atoms with van der Waals surface area (Å²) in [6.45, 7) is 10.3. The molecule has 0 bridgehead atoms. The van der Waals surface area contributed by atoms with Crippen LogP contribution in [0.3, 0.4) is 0 Å². The van der Waals surface area contributed by atoms with E-state index in [0.717, 1.165) is 32.6 Å². The topological polar surface area (TPSA) is 32.3 Å². The van der Waals surface area contributed by atoms with Crippen molar-refractivity contribution in [1.82, 2.24) is 10.2 Å². The third kappa shape index (κ3) is 3.47. The van der Waals surface area contributed by atoms with Crippen LogP contribution in [-0.4, -0.2) is 37.0 Å². The Balaban J connectivity index is 2.02. The summed E-state index contributed by atoms with van der Waals surface area (Å²) in [5, 5.41) is 3.27. The molecule has 1 amide bonds. The molecule has 2 rings (SSSR count). The van der Waals surface area contributed by atoms with Crippen LogP contribution in [0.1, 0.15) is 33.6 Å². The van der Waals surface area contributed by atoms with Crippen molar-refractivity contribution in [2.45, 2.75) is 33.6 Å². The van der Waals surface area contributed by atoms with Crippen molar-refractivity contribution in [3.8, 4) is 0 Å². The van der Waals surface area contributed by atoms with Crippen LogP contribution in [0.4, 0.5) is 0 Å². The quantitative estimate of drug-likeness (QED) is 0.612. The second kappa shape index (κ2) is 5.91. The van der Waals surface area contributed by atoms with E-state index in [9.17, 15) is 4.79 Å². The fourth-order valence-corrected chi connectivity index (χ4v) is 3.15. The summed E-state index contributed by atoms with van der Waals surface area (Å²) in [4.78, 5) is 14.1. The maximum absolute atomic E-state index is 12.2. The smallest absolute Gasteiger partial charge is 0.246 e. The molecule has 1 saturated heterocycles. The van der Waals surface area contributed by atoms with Gasteiger partial charge in [0.25, 0.3) is 0 Å². The van der Waals surface area contributed by atoms with E-state index in [1.54, 1.807) is 6.08 Å². The Kier molecular flexibility index (Phi) is 4.46. The largest absolute Gasteiger partial charge is 0.337 e. The fourth-order valence-electron chi connectivity index (χ4n) is 3.15. The van der Waals surface area contributed by atoms with Gasteiger partial charge in [0.2, 0.25) is 5.91 Å². The monoisotopic (exact) mass is 262 g/mol. The van der Waals surface area contributed by atoms with Crippen molar-refractivity contribution >= 4 is 5.91 Å². The van der Waals surface area contributed by atoms with Gasteiger partial charge in [-0.1, -0.05) is 31.6 Å². The molecule has 2 aliphatic rings. The van der Waals surface area contributed by atoms with E-state index in [-0.39, 0.29) is 11.3 Å². The first kappa shape index (κ1) is 14.3. The van der Waals surface area contributed by atoms with E-state index in [0.29, 0.717) is 5.92 Å². The van der Waals surface area contributed by atoms with Crippen molar-refractivity contribution in [3.63, 3.8) is 0 Å². The van der Waals surface area contributed by atoms with Crippen LogP contribution in [0.15, 0.2) is 23.8 Å². The van der Waals surface area contributed by atoms with Crippen molar-refractivity contribution in [2.24, 2.45) is 11.3 Å². The van der Waals surface area contributed by atoms with Gasteiger partial charge in [-0.2, -0.15) is 0 Å². The van der Waals surface area contributed by atoms with E-state index < -0.39 is 0 Å². The zero-order valence-corrected chi connectivity index (χ0v) is 12.4. The molecule has 0 aromatic rings. The second-order valence-corrected chi connectivity index (χ2v) is 6.39. The van der Waals surface area contributed by atoms with Gasteiger partial charge in [0.05, 0.1) is 0 Å². The van der Waals surface area contributed by atoms with Crippen LogP contribution < -0.4 is 5.32 Å². The Labute approximate surface area is 116 Å². The lowest BCUT2D eigenvalue weighted by molar-refractivity contribution is -0.126. The lowest BCUT2D eigenvalue weighted by atomic mass is 9.68. The van der Waals surface area contributed by atoms with Crippen LogP contribution in [-0.2, 0) is 4.79 Å². The molecule has 1 aliphatic heterocycles. The maximum atomic E-state index is 12.2. The minimum Gasteiger partial charge on any atom is -0.337 e. The van der Waals surface area contributed by atoms with Crippen LogP contribution in [0.25, 0.3) is 0 Å². The number of allylic oxidation sites excluding steroid dienone is 3. The first-order chi connectivity index (χ1) is 9.00. The van der Waals surface area contributed by atoms with E-state index in [4.69, 9.17) is 0 Å². The Hall–Kier alpha value is -1.09. The number of piperazine rings is 1. The molecule has 0 spiro atoms. The van der Waals surface area contributed by atoms with Gasteiger partial charge >= 0.3 is 0 Å². The highest BCUT2D eigenvalue weighted by atomic mass is 16.2. The number of carbonyl (C=O) groups is 1. The van der Waals surface area contributed by atoms with Crippen molar-refractivity contribution in [1.29, 1.82) is 0 Å². The number of nitrogens with one attached hydrogen (secondary N) is 1. The number of carbonyl (C=O) groups excluding carboxylic acids is 1. The molecule has 1 atom stereocenters. The average molecular weight is 262 g/mol. The van der Waals surface area contributed by atoms with Gasteiger partial charge in [-0.15, -0.1) is 0 Å². The van der Waals surface area contributed by atoms with Gasteiger partial charge in [-0.05, 0) is 31.3 Å². The van der Waals surface area contributed by atoms with Gasteiger partial charge in [-0.25, -0.2) is 0 Å². The van der Waals surface area contributed by atoms with Gasteiger partial charge in [0.15, 0.2) is 0 Å². The van der Waals surface area contributed by atoms with E-state index in [2.05, 4.69) is 38.2 Å². The van der Waals surface area contributed by atoms with Crippen molar-refractivity contribution < 1.29 is 4.79 Å². The molecule has 0 aromatic heterocycles. The molecule has 0 aromatic carbocycles. The van der Waals surface area contributed by atoms with Crippen molar-refractivity contribution in [2.75, 3.05) is 26.2 Å². The third-order valence-corrected chi connectivity index (χ3v) is 4.45. The summed E-state index contributed by atoms with van der Waals surface area (Å²) in [5.41, 5.74) is 1.67. The molecule has 3 nitrogen and oxygen atoms in total. The number of rotatable bonds is 2. The average Bonchev–Trinajstić information content (AvgIpc) is 2.38. The van der Waals surface area contributed by atoms with Crippen molar-refractivity contribution in [3.05, 3.63) is 23.8 Å². The van der Waals surface area contributed by atoms with E-state index in [1.807, 2.05) is 4.90 Å². The fraction of sp³-hybridized carbons (Fsp3) is 0.688. The summed E-state index contributed by atoms with van der Waals surface area (Å²) in [7, 11) is 0. The Morgan fingerprint density at radius 2 is 2.11 bits per heavy atom. The molecule has 19 heavy (non-hydrogen) atoms. The zero-order chi connectivity index (χ0) is 13.9. The minimum atomic E-state index is 0.163. The normalized spacial score (nSPS) is 27.4. The summed E-state index contributed by atoms with van der Waals surface area (Å²) < 4.78 is 0. The third-order valence-electron chi connectivity index (χ3n) is 4.45. The molecular formula is C16H26N2O. The predicted molar refractivity (Wildman–Crippen MR) is 78.9 cm³/mol. The molecule has 1 heterocycles. The van der Waals surface area contributed by atoms with Gasteiger partial charge in [0.1, 0.15) is 0 Å². The molecule has 0 radical (unpaired) electrons. The van der Waals surface area contributed by atoms with E-state index >= 15 is 0 Å². The molecular weight excluding hydrogens is 236 g/mol. The van der Waals surface area contributed by atoms with Gasteiger partial charge < -0.3 is 10.2 Å². The zero-order valence-electron chi connectivity index (χ0n) is 12.4. The first-order valence-electron chi connectivity index (χ1n) is 7.35. The lowest BCUT2D eigenvalue weighted by Gasteiger charge is -2.36. The summed E-state index contributed by atoms with van der Waals surface area (Å²) in [5.74, 6) is 0.559. The lowest BCUT2D eigenvalue weighted by Crippen LogP contribution is -2.45. The molecule has 1 aliphatic carbocycles. The summed E-state index contributed by atoms with van der Waals surface area (Å²) >= 11 is 0. The Morgan fingerprint density at radius 3 is 2.74 bits per heavy atom. The molecule has 3 heteroatoms. The van der Waals surface area contributed by atoms with Crippen LogP contribution in [0.2, 0.25) is 0 Å². The SMILES string of the molecule is CC1=CCCC(C)(C)C1/C=C/C(=O)N1CCNCC1. The van der Waals surface area contributed by atoms with Crippen LogP contribution in [0.5, 0.6) is 0 Å². The van der Waals surface area contributed by atoms with Gasteiger partial charge in [0, 0.05) is 32.1 Å². The Bertz CT molecular complexity index is 390. The summed E-state index contributed by atoms with van der Waals surface area (Å²) in [6, 6.07) is 0. The minimum absolute atomic E-state index is 0.163. The van der Waals surface area contributed by atoms with E-state index in [1.165, 1.54) is 12.0 Å². The number of amides is 1. The van der Waals surface area contributed by atoms with Crippen LogP contribution >= 0.6 is 0 Å². The molecule has 1 fully saturated rings. The maximum Gasteiger partial charge on any atom is 0.246 e. The number of hydrogen-bond acceptors (Lipinski definition) is 2. The highest BCUT2D eigenvalue weighted by Gasteiger charge is 2.31. The second-order valence-electron chi connectivity index (χ2n) is 6.39. The Morgan fingerprint density at radius 1 is 1.42 bits per heavy atom. The highest BCUT2D eigenvalue weighted by Crippen LogP contribution is 2.41. The number of nitrogens with zero attached hydrogens (tertiary/aromatic N) is 1. The molecule has 0 saturated carbocycles. The van der Waals surface area contributed by atoms with Crippen LogP contribution in [0, 0.1) is 11.3 Å². The number of hydrogen-bond donors (Lipinski definition) is 1. The molecule has 1 unspecified atom stereocenters. The van der Waals surface area contributed by atoms with Gasteiger partial charge in [-0.3, -0.25) is 4.79 Å². The molecule has 1 N–H and O–H groups in total. The summed E-state index contributed by atoms with van der Waals surface area (Å²) in [6.07, 6.45) is 8.58. The predicted octanol–water partition coefficient (Wildman–Crippen LogP) is 2.36. The first-order valence-corrected chi connectivity index (χ1v) is 7.35.